The normalized spacial score (nSPS) is 10.4. The van der Waals surface area contributed by atoms with Gasteiger partial charge in [0.25, 0.3) is 0 Å². The second-order valence-corrected chi connectivity index (χ2v) is 4.48. The largest absolute Gasteiger partial charge is 0.507 e. The molecule has 0 aromatic heterocycles. The number of ether oxygens (including phenoxy) is 1. The number of rotatable bonds is 5. The molecule has 4 nitrogen and oxygen atoms in total. The topological polar surface area (TPSA) is 63.6 Å². The fraction of sp³-hybridized carbons (Fsp3) is 0.250. The predicted molar refractivity (Wildman–Crippen MR) is 76.0 cm³/mol. The first kappa shape index (κ1) is 14.1. The molecule has 0 heterocycles. The molecule has 0 aliphatic rings. The third kappa shape index (κ3) is 2.96. The minimum atomic E-state index is -0.216. The number of carbonyl (C=O) groups excluding carboxylic acids is 2. The Morgan fingerprint density at radius 1 is 1.30 bits per heavy atom. The first-order valence-corrected chi connectivity index (χ1v) is 6.51. The molecule has 0 bridgehead atoms. The van der Waals surface area contributed by atoms with Crippen LogP contribution in [0.2, 0.25) is 0 Å². The molecular formula is C16H16O4. The number of aldehydes is 1. The van der Waals surface area contributed by atoms with Crippen molar-refractivity contribution in [1.82, 2.24) is 0 Å². The van der Waals surface area contributed by atoms with Crippen molar-refractivity contribution in [3.63, 3.8) is 0 Å². The van der Waals surface area contributed by atoms with Crippen molar-refractivity contribution in [2.45, 2.75) is 19.8 Å². The Morgan fingerprint density at radius 2 is 2.10 bits per heavy atom. The fourth-order valence-electron chi connectivity index (χ4n) is 2.15. The third-order valence-electron chi connectivity index (χ3n) is 3.14. The van der Waals surface area contributed by atoms with Gasteiger partial charge in [-0.3, -0.25) is 9.59 Å². The Labute approximate surface area is 117 Å². The van der Waals surface area contributed by atoms with Crippen LogP contribution in [-0.4, -0.2) is 24.0 Å². The lowest BCUT2D eigenvalue weighted by Gasteiger charge is -2.07. The summed E-state index contributed by atoms with van der Waals surface area (Å²) in [7, 11) is 0. The van der Waals surface area contributed by atoms with Crippen molar-refractivity contribution in [2.75, 3.05) is 6.61 Å². The minimum absolute atomic E-state index is 0.0215. The Balaban J connectivity index is 2.24. The van der Waals surface area contributed by atoms with Crippen molar-refractivity contribution in [3.05, 3.63) is 41.5 Å². The molecule has 20 heavy (non-hydrogen) atoms. The summed E-state index contributed by atoms with van der Waals surface area (Å²) in [6, 6.07) is 8.82. The lowest BCUT2D eigenvalue weighted by Crippen LogP contribution is -2.05. The second-order valence-electron chi connectivity index (χ2n) is 4.48. The fourth-order valence-corrected chi connectivity index (χ4v) is 2.15. The van der Waals surface area contributed by atoms with E-state index in [0.29, 0.717) is 36.7 Å². The monoisotopic (exact) mass is 272 g/mol. The highest BCUT2D eigenvalue weighted by Crippen LogP contribution is 2.26. The number of phenols is 1. The summed E-state index contributed by atoms with van der Waals surface area (Å²) in [6.07, 6.45) is 1.57. The molecule has 0 radical (unpaired) electrons. The molecule has 2 aromatic carbocycles. The van der Waals surface area contributed by atoms with Gasteiger partial charge < -0.3 is 9.84 Å². The van der Waals surface area contributed by atoms with Crippen LogP contribution in [0.25, 0.3) is 10.8 Å². The van der Waals surface area contributed by atoms with Crippen LogP contribution in [0.5, 0.6) is 5.75 Å². The maximum atomic E-state index is 11.3. The highest BCUT2D eigenvalue weighted by Gasteiger charge is 2.08. The molecule has 2 rings (SSSR count). The molecule has 4 heteroatoms. The van der Waals surface area contributed by atoms with Crippen molar-refractivity contribution in [1.29, 1.82) is 0 Å². The average Bonchev–Trinajstić information content (AvgIpc) is 2.45. The summed E-state index contributed by atoms with van der Waals surface area (Å²) in [5.41, 5.74) is 1.28. The van der Waals surface area contributed by atoms with E-state index in [-0.39, 0.29) is 11.7 Å². The number of esters is 1. The van der Waals surface area contributed by atoms with Crippen LogP contribution in [0, 0.1) is 0 Å². The van der Waals surface area contributed by atoms with E-state index < -0.39 is 0 Å². The summed E-state index contributed by atoms with van der Waals surface area (Å²) >= 11 is 0. The van der Waals surface area contributed by atoms with Gasteiger partial charge in [-0.2, -0.15) is 0 Å². The Bertz CT molecular complexity index is 646. The standard InChI is InChI=1S/C16H16O4/c1-2-20-16(19)8-4-11-3-6-13-12(9-11)5-7-15(18)14(13)10-17/h3,5-7,9-10,18H,2,4,8H2,1H3. The summed E-state index contributed by atoms with van der Waals surface area (Å²) < 4.78 is 4.89. The van der Waals surface area contributed by atoms with E-state index in [1.807, 2.05) is 12.1 Å². The summed E-state index contributed by atoms with van der Waals surface area (Å²) in [5, 5.41) is 11.2. The third-order valence-corrected chi connectivity index (χ3v) is 3.14. The predicted octanol–water partition coefficient (Wildman–Crippen LogP) is 2.85. The lowest BCUT2D eigenvalue weighted by atomic mass is 10.00. The molecule has 0 fully saturated rings. The molecule has 0 spiro atoms. The molecule has 0 aliphatic carbocycles. The van der Waals surface area contributed by atoms with Crippen LogP contribution >= 0.6 is 0 Å². The number of phenolic OH excluding ortho intramolecular Hbond substituents is 1. The number of hydrogen-bond donors (Lipinski definition) is 1. The molecule has 0 aliphatic heterocycles. The maximum absolute atomic E-state index is 11.3. The van der Waals surface area contributed by atoms with Crippen LogP contribution in [0.3, 0.4) is 0 Å². The van der Waals surface area contributed by atoms with Crippen LogP contribution in [0.4, 0.5) is 0 Å². The van der Waals surface area contributed by atoms with Gasteiger partial charge in [-0.25, -0.2) is 0 Å². The summed E-state index contributed by atoms with van der Waals surface area (Å²) in [4.78, 5) is 22.3. The number of carbonyl (C=O) groups is 2. The van der Waals surface area contributed by atoms with E-state index in [1.165, 1.54) is 6.07 Å². The van der Waals surface area contributed by atoms with Crippen molar-refractivity contribution >= 4 is 23.0 Å². The highest BCUT2D eigenvalue weighted by molar-refractivity contribution is 6.00. The van der Waals surface area contributed by atoms with Crippen molar-refractivity contribution < 1.29 is 19.4 Å². The summed E-state index contributed by atoms with van der Waals surface area (Å²) in [6.45, 7) is 2.17. The zero-order chi connectivity index (χ0) is 14.5. The number of hydrogen-bond acceptors (Lipinski definition) is 4. The first-order chi connectivity index (χ1) is 9.65. The Hall–Kier alpha value is -2.36. The zero-order valence-corrected chi connectivity index (χ0v) is 11.3. The van der Waals surface area contributed by atoms with Crippen molar-refractivity contribution in [2.24, 2.45) is 0 Å². The minimum Gasteiger partial charge on any atom is -0.507 e. The Morgan fingerprint density at radius 3 is 2.80 bits per heavy atom. The molecule has 0 atom stereocenters. The average molecular weight is 272 g/mol. The number of benzene rings is 2. The number of aromatic hydroxyl groups is 1. The molecular weight excluding hydrogens is 256 g/mol. The first-order valence-electron chi connectivity index (χ1n) is 6.51. The van der Waals surface area contributed by atoms with Gasteiger partial charge in [0.1, 0.15) is 5.75 Å². The number of aryl methyl sites for hydroxylation is 1. The van der Waals surface area contributed by atoms with E-state index in [9.17, 15) is 14.7 Å². The smallest absolute Gasteiger partial charge is 0.306 e. The van der Waals surface area contributed by atoms with Crippen LogP contribution in [0.15, 0.2) is 30.3 Å². The van der Waals surface area contributed by atoms with Gasteiger partial charge >= 0.3 is 5.97 Å². The molecule has 0 unspecified atom stereocenters. The van der Waals surface area contributed by atoms with E-state index in [1.54, 1.807) is 19.1 Å². The zero-order valence-electron chi connectivity index (χ0n) is 11.3. The van der Waals surface area contributed by atoms with Gasteiger partial charge in [-0.05, 0) is 35.7 Å². The second kappa shape index (κ2) is 6.19. The molecule has 1 N–H and O–H groups in total. The van der Waals surface area contributed by atoms with E-state index in [0.717, 1.165) is 10.9 Å². The van der Waals surface area contributed by atoms with Crippen LogP contribution in [0.1, 0.15) is 29.3 Å². The molecule has 104 valence electrons. The van der Waals surface area contributed by atoms with Gasteiger partial charge in [0.2, 0.25) is 0 Å². The van der Waals surface area contributed by atoms with E-state index in [4.69, 9.17) is 4.74 Å². The molecule has 0 amide bonds. The SMILES string of the molecule is CCOC(=O)CCc1ccc2c(C=O)c(O)ccc2c1. The highest BCUT2D eigenvalue weighted by atomic mass is 16.5. The van der Waals surface area contributed by atoms with Gasteiger partial charge in [-0.1, -0.05) is 24.3 Å². The van der Waals surface area contributed by atoms with Gasteiger partial charge in [0.05, 0.1) is 12.2 Å². The lowest BCUT2D eigenvalue weighted by molar-refractivity contribution is -0.143. The van der Waals surface area contributed by atoms with Crippen molar-refractivity contribution in [3.8, 4) is 5.75 Å². The van der Waals surface area contributed by atoms with Gasteiger partial charge in [0.15, 0.2) is 6.29 Å². The quantitative estimate of drug-likeness (QED) is 0.671. The molecule has 2 aromatic rings. The molecule has 0 saturated carbocycles. The van der Waals surface area contributed by atoms with Crippen LogP contribution < -0.4 is 0 Å². The number of fused-ring (bicyclic) bond motifs is 1. The van der Waals surface area contributed by atoms with Gasteiger partial charge in [0, 0.05) is 6.42 Å². The van der Waals surface area contributed by atoms with E-state index >= 15 is 0 Å². The van der Waals surface area contributed by atoms with Crippen LogP contribution in [-0.2, 0) is 16.0 Å². The Kier molecular flexibility index (Phi) is 4.35. The maximum Gasteiger partial charge on any atom is 0.306 e. The van der Waals surface area contributed by atoms with Gasteiger partial charge in [-0.15, -0.1) is 0 Å². The summed E-state index contributed by atoms with van der Waals surface area (Å²) in [5.74, 6) is -0.237. The van der Waals surface area contributed by atoms with E-state index in [2.05, 4.69) is 0 Å². The molecule has 0 saturated heterocycles.